The molecule has 0 saturated carbocycles. The molecule has 0 aliphatic rings. The molecule has 10 heteroatoms. The number of nitrogens with one attached hydrogen (secondary N) is 2. The Hall–Kier alpha value is -2.95. The molecular weight excluding hydrogens is 482 g/mol. The smallest absolute Gasteiger partial charge is 0.407 e. The highest BCUT2D eigenvalue weighted by Gasteiger charge is 2.33. The van der Waals surface area contributed by atoms with Crippen molar-refractivity contribution < 1.29 is 27.9 Å². The maximum Gasteiger partial charge on any atom is 0.407 e. The molecule has 2 aromatic carbocycles. The molecule has 2 amide bonds. The Bertz CT molecular complexity index is 1110. The van der Waals surface area contributed by atoms with Crippen molar-refractivity contribution in [2.24, 2.45) is 0 Å². The number of nitrogens with zero attached hydrogens (tertiary/aromatic N) is 1. The first kappa shape index (κ1) is 29.3. The number of sulfonamides is 1. The monoisotopic (exact) mass is 519 g/mol. The molecule has 0 spiro atoms. The second-order valence-corrected chi connectivity index (χ2v) is 11.8. The quantitative estimate of drug-likeness (QED) is 0.441. The molecule has 0 radical (unpaired) electrons. The van der Waals surface area contributed by atoms with Gasteiger partial charge in [-0.25, -0.2) is 13.2 Å². The maximum absolute atomic E-state index is 13.4. The Morgan fingerprint density at radius 2 is 1.61 bits per heavy atom. The zero-order chi connectivity index (χ0) is 27.1. The Morgan fingerprint density at radius 1 is 1.03 bits per heavy atom. The molecule has 198 valence electrons. The third kappa shape index (κ3) is 8.92. The molecule has 0 aliphatic heterocycles. The van der Waals surface area contributed by atoms with Crippen LogP contribution in [0.3, 0.4) is 0 Å². The molecular formula is C26H37N3O6S. The van der Waals surface area contributed by atoms with E-state index in [1.165, 1.54) is 35.5 Å². The van der Waals surface area contributed by atoms with Crippen LogP contribution < -0.4 is 10.6 Å². The van der Waals surface area contributed by atoms with Gasteiger partial charge in [0, 0.05) is 25.2 Å². The zero-order valence-electron chi connectivity index (χ0n) is 21.7. The molecule has 0 aliphatic carbocycles. The molecule has 0 unspecified atom stereocenters. The van der Waals surface area contributed by atoms with Gasteiger partial charge in [-0.2, -0.15) is 4.31 Å². The van der Waals surface area contributed by atoms with Crippen LogP contribution in [-0.4, -0.2) is 60.2 Å². The molecule has 0 heterocycles. The number of rotatable bonds is 10. The van der Waals surface area contributed by atoms with Crippen LogP contribution in [0.2, 0.25) is 0 Å². The summed E-state index contributed by atoms with van der Waals surface area (Å²) >= 11 is 0. The second kappa shape index (κ2) is 12.3. The standard InChI is InChI=1S/C26H37N3O6S/c1-18(2)29(36(33,34)22-14-12-21(13-15-22)27-19(3)30)17-24(31)23(16-20-10-8-7-9-11-20)28-25(32)35-26(4,5)6/h7-15,18,23-24,31H,16-17H2,1-6H3,(H,27,30)(H,28,32)/t23-,24+/m0/s1. The summed E-state index contributed by atoms with van der Waals surface area (Å²) in [7, 11) is -3.99. The van der Waals surface area contributed by atoms with Crippen molar-refractivity contribution >= 4 is 27.7 Å². The fourth-order valence-corrected chi connectivity index (χ4v) is 5.21. The summed E-state index contributed by atoms with van der Waals surface area (Å²) in [5.74, 6) is -0.264. The third-order valence-electron chi connectivity index (χ3n) is 5.19. The summed E-state index contributed by atoms with van der Waals surface area (Å²) in [6.07, 6.45) is -1.65. The summed E-state index contributed by atoms with van der Waals surface area (Å²) < 4.78 is 33.5. The van der Waals surface area contributed by atoms with Crippen molar-refractivity contribution in [1.29, 1.82) is 0 Å². The lowest BCUT2D eigenvalue weighted by molar-refractivity contribution is -0.114. The minimum atomic E-state index is -3.99. The fraction of sp³-hybridized carbons (Fsp3) is 0.462. The van der Waals surface area contributed by atoms with Crippen molar-refractivity contribution in [2.45, 2.75) is 76.6 Å². The van der Waals surface area contributed by atoms with Gasteiger partial charge in [-0.1, -0.05) is 30.3 Å². The maximum atomic E-state index is 13.4. The molecule has 2 atom stereocenters. The summed E-state index contributed by atoms with van der Waals surface area (Å²) in [6, 6.07) is 13.8. The molecule has 0 saturated heterocycles. The number of anilines is 1. The van der Waals surface area contributed by atoms with Crippen molar-refractivity contribution in [3.05, 3.63) is 60.2 Å². The fourth-order valence-electron chi connectivity index (χ4n) is 3.56. The molecule has 36 heavy (non-hydrogen) atoms. The highest BCUT2D eigenvalue weighted by atomic mass is 32.2. The molecule has 2 aromatic rings. The SMILES string of the molecule is CC(=O)Nc1ccc(S(=O)(=O)N(C[C@@H](O)[C@H](Cc2ccccc2)NC(=O)OC(C)(C)C)C(C)C)cc1. The van der Waals surface area contributed by atoms with E-state index in [9.17, 15) is 23.1 Å². The van der Waals surface area contributed by atoms with E-state index in [2.05, 4.69) is 10.6 Å². The molecule has 9 nitrogen and oxygen atoms in total. The second-order valence-electron chi connectivity index (χ2n) is 9.88. The summed E-state index contributed by atoms with van der Waals surface area (Å²) in [4.78, 5) is 23.8. The number of ether oxygens (including phenoxy) is 1. The number of hydrogen-bond donors (Lipinski definition) is 3. The number of aliphatic hydroxyl groups excluding tert-OH is 1. The number of aliphatic hydroxyl groups is 1. The van der Waals surface area contributed by atoms with Crippen molar-refractivity contribution in [1.82, 2.24) is 9.62 Å². The largest absolute Gasteiger partial charge is 0.444 e. The highest BCUT2D eigenvalue weighted by Crippen LogP contribution is 2.22. The van der Waals surface area contributed by atoms with Gasteiger partial charge in [-0.05, 0) is 70.9 Å². The van der Waals surface area contributed by atoms with E-state index >= 15 is 0 Å². The lowest BCUT2D eigenvalue weighted by atomic mass is 10.0. The van der Waals surface area contributed by atoms with E-state index in [4.69, 9.17) is 4.74 Å². The number of amides is 2. The molecule has 0 bridgehead atoms. The van der Waals surface area contributed by atoms with Crippen LogP contribution in [-0.2, 0) is 26.0 Å². The van der Waals surface area contributed by atoms with Gasteiger partial charge in [-0.15, -0.1) is 0 Å². The normalized spacial score (nSPS) is 13.8. The highest BCUT2D eigenvalue weighted by molar-refractivity contribution is 7.89. The van der Waals surface area contributed by atoms with Gasteiger partial charge < -0.3 is 20.5 Å². The van der Waals surface area contributed by atoms with E-state index in [1.807, 2.05) is 30.3 Å². The van der Waals surface area contributed by atoms with E-state index in [1.54, 1.807) is 34.6 Å². The minimum Gasteiger partial charge on any atom is -0.444 e. The van der Waals surface area contributed by atoms with Crippen LogP contribution in [0.4, 0.5) is 10.5 Å². The first-order valence-corrected chi connectivity index (χ1v) is 13.2. The van der Waals surface area contributed by atoms with Crippen molar-refractivity contribution in [2.75, 3.05) is 11.9 Å². The van der Waals surface area contributed by atoms with Crippen molar-refractivity contribution in [3.63, 3.8) is 0 Å². The van der Waals surface area contributed by atoms with E-state index in [0.717, 1.165) is 5.56 Å². The van der Waals surface area contributed by atoms with Gasteiger partial charge in [0.1, 0.15) is 5.60 Å². The third-order valence-corrected chi connectivity index (χ3v) is 7.25. The molecule has 2 rings (SSSR count). The van der Waals surface area contributed by atoms with Crippen LogP contribution in [0.25, 0.3) is 0 Å². The number of benzene rings is 2. The first-order chi connectivity index (χ1) is 16.7. The average molecular weight is 520 g/mol. The Labute approximate surface area is 213 Å². The average Bonchev–Trinajstić information content (AvgIpc) is 2.76. The number of alkyl carbamates (subject to hydrolysis) is 1. The lowest BCUT2D eigenvalue weighted by Crippen LogP contribution is -2.52. The van der Waals surface area contributed by atoms with E-state index in [-0.39, 0.29) is 23.8 Å². The Balaban J connectivity index is 2.29. The van der Waals surface area contributed by atoms with Crippen LogP contribution in [0, 0.1) is 0 Å². The van der Waals surface area contributed by atoms with Crippen LogP contribution >= 0.6 is 0 Å². The van der Waals surface area contributed by atoms with Crippen LogP contribution in [0.15, 0.2) is 59.5 Å². The van der Waals surface area contributed by atoms with Gasteiger partial charge in [-0.3, -0.25) is 4.79 Å². The van der Waals surface area contributed by atoms with Gasteiger partial charge in [0.25, 0.3) is 0 Å². The van der Waals surface area contributed by atoms with E-state index < -0.39 is 39.9 Å². The molecule has 0 fully saturated rings. The van der Waals surface area contributed by atoms with Gasteiger partial charge >= 0.3 is 6.09 Å². The van der Waals surface area contributed by atoms with Crippen molar-refractivity contribution in [3.8, 4) is 0 Å². The van der Waals surface area contributed by atoms with Gasteiger partial charge in [0.2, 0.25) is 15.9 Å². The molecule has 0 aromatic heterocycles. The van der Waals surface area contributed by atoms with Crippen LogP contribution in [0.1, 0.15) is 47.1 Å². The van der Waals surface area contributed by atoms with Gasteiger partial charge in [0.15, 0.2) is 0 Å². The predicted octanol–water partition coefficient (Wildman–Crippen LogP) is 3.54. The minimum absolute atomic E-state index is 0.0252. The molecule has 3 N–H and O–H groups in total. The zero-order valence-corrected chi connectivity index (χ0v) is 22.5. The first-order valence-electron chi connectivity index (χ1n) is 11.8. The van der Waals surface area contributed by atoms with Crippen LogP contribution in [0.5, 0.6) is 0 Å². The summed E-state index contributed by atoms with van der Waals surface area (Å²) in [5, 5.41) is 16.5. The summed E-state index contributed by atoms with van der Waals surface area (Å²) in [5.41, 5.74) is 0.607. The number of carbonyl (C=O) groups excluding carboxylic acids is 2. The number of carbonyl (C=O) groups is 2. The van der Waals surface area contributed by atoms with Gasteiger partial charge in [0.05, 0.1) is 17.0 Å². The topological polar surface area (TPSA) is 125 Å². The lowest BCUT2D eigenvalue weighted by Gasteiger charge is -2.32. The number of hydrogen-bond acceptors (Lipinski definition) is 6. The predicted molar refractivity (Wildman–Crippen MR) is 139 cm³/mol. The van der Waals surface area contributed by atoms with E-state index in [0.29, 0.717) is 5.69 Å². The Kier molecular flexibility index (Phi) is 10.0. The Morgan fingerprint density at radius 3 is 2.11 bits per heavy atom. The summed E-state index contributed by atoms with van der Waals surface area (Å²) in [6.45, 7) is 9.75.